The van der Waals surface area contributed by atoms with Crippen LogP contribution in [0.2, 0.25) is 0 Å². The van der Waals surface area contributed by atoms with Crippen molar-refractivity contribution in [2.75, 3.05) is 13.2 Å². The lowest BCUT2D eigenvalue weighted by Gasteiger charge is -2.39. The van der Waals surface area contributed by atoms with Gasteiger partial charge in [-0.05, 0) is 55.4 Å². The maximum absolute atomic E-state index is 6.24. The molecule has 11 heteroatoms. The monoisotopic (exact) mass is 502 g/mol. The number of fused-ring (bicyclic) bond motifs is 6. The average Bonchev–Trinajstić information content (AvgIpc) is 3.39. The van der Waals surface area contributed by atoms with Crippen molar-refractivity contribution in [2.45, 2.75) is 140 Å². The van der Waals surface area contributed by atoms with Crippen LogP contribution in [0, 0.1) is 0 Å². The van der Waals surface area contributed by atoms with Gasteiger partial charge in [-0.3, -0.25) is 0 Å². The lowest BCUT2D eigenvalue weighted by molar-refractivity contribution is -0.257. The molecule has 0 N–H and O–H groups in total. The fraction of sp³-hybridized carbons (Fsp3) is 1.00. The first-order valence-electron chi connectivity index (χ1n) is 12.5. The molecule has 0 spiro atoms. The summed E-state index contributed by atoms with van der Waals surface area (Å²) in [6.45, 7) is 15.5. The SMILES string of the molecule is CC1(C)O[C@H]2[C@@H](O1)[C@@H](COC[C@H]1O[C@@H]3OC(C)(C)O[C@@H]3[C@H]3OC(C)(C)O[C@H]31)O[C@@H]1OC(C)(C)O[C@@H]12. The summed E-state index contributed by atoms with van der Waals surface area (Å²) in [6, 6.07) is 0. The zero-order chi connectivity index (χ0) is 25.0. The van der Waals surface area contributed by atoms with Crippen molar-refractivity contribution in [2.24, 2.45) is 0 Å². The van der Waals surface area contributed by atoms with Gasteiger partial charge in [0, 0.05) is 0 Å². The summed E-state index contributed by atoms with van der Waals surface area (Å²) in [6.07, 6.45) is -4.05. The fourth-order valence-electron chi connectivity index (χ4n) is 5.96. The summed E-state index contributed by atoms with van der Waals surface area (Å²) in [7, 11) is 0. The van der Waals surface area contributed by atoms with Crippen LogP contribution in [0.4, 0.5) is 0 Å². The third-order valence-corrected chi connectivity index (χ3v) is 7.07. The van der Waals surface area contributed by atoms with Crippen LogP contribution in [-0.4, -0.2) is 97.8 Å². The maximum atomic E-state index is 6.24. The number of rotatable bonds is 4. The van der Waals surface area contributed by atoms with E-state index in [1.807, 2.05) is 55.4 Å². The third kappa shape index (κ3) is 4.57. The van der Waals surface area contributed by atoms with Crippen LogP contribution in [0.3, 0.4) is 0 Å². The predicted molar refractivity (Wildman–Crippen MR) is 116 cm³/mol. The zero-order valence-electron chi connectivity index (χ0n) is 21.7. The van der Waals surface area contributed by atoms with Gasteiger partial charge in [-0.2, -0.15) is 0 Å². The largest absolute Gasteiger partial charge is 0.376 e. The molecule has 6 rings (SSSR count). The fourth-order valence-corrected chi connectivity index (χ4v) is 5.96. The van der Waals surface area contributed by atoms with E-state index in [9.17, 15) is 0 Å². The molecule has 0 bridgehead atoms. The number of ether oxygens (including phenoxy) is 11. The second kappa shape index (κ2) is 8.03. The van der Waals surface area contributed by atoms with Gasteiger partial charge in [0.2, 0.25) is 0 Å². The molecule has 6 fully saturated rings. The molecule has 6 aliphatic rings. The Morgan fingerprint density at radius 1 is 0.429 bits per heavy atom. The first kappa shape index (κ1) is 24.9. The van der Waals surface area contributed by atoms with Crippen LogP contribution in [0.25, 0.3) is 0 Å². The van der Waals surface area contributed by atoms with Gasteiger partial charge >= 0.3 is 0 Å². The smallest absolute Gasteiger partial charge is 0.190 e. The molecule has 0 saturated carbocycles. The minimum Gasteiger partial charge on any atom is -0.376 e. The molecule has 0 aromatic rings. The molecule has 0 aromatic carbocycles. The van der Waals surface area contributed by atoms with Crippen LogP contribution < -0.4 is 0 Å². The summed E-state index contributed by atoms with van der Waals surface area (Å²) < 4.78 is 67.4. The van der Waals surface area contributed by atoms with E-state index in [0.717, 1.165) is 0 Å². The molecule has 0 amide bonds. The standard InChI is InChI=1S/C24H38O11/c1-21(2)28-13-11(26-19-17(15(13)30-21)32-23(5,6)34-19)9-25-10-12-14-16(31-22(3,4)29-14)18-20(27-12)35-24(7,8)33-18/h11-20H,9-10H2,1-8H3/t11-,12-,13+,14+,15+,16+,17-,18-,19-,20-/m1/s1. The first-order chi connectivity index (χ1) is 16.2. The van der Waals surface area contributed by atoms with Crippen molar-refractivity contribution >= 4 is 0 Å². The molecular weight excluding hydrogens is 464 g/mol. The Morgan fingerprint density at radius 3 is 1.14 bits per heavy atom. The summed E-state index contributed by atoms with van der Waals surface area (Å²) >= 11 is 0. The van der Waals surface area contributed by atoms with Crippen LogP contribution in [0.1, 0.15) is 55.4 Å². The van der Waals surface area contributed by atoms with Crippen molar-refractivity contribution < 1.29 is 52.1 Å². The lowest BCUT2D eigenvalue weighted by atomic mass is 9.99. The van der Waals surface area contributed by atoms with E-state index in [1.54, 1.807) is 0 Å². The molecule has 35 heavy (non-hydrogen) atoms. The molecule has 10 atom stereocenters. The van der Waals surface area contributed by atoms with Crippen LogP contribution >= 0.6 is 0 Å². The van der Waals surface area contributed by atoms with Crippen LogP contribution in [0.15, 0.2) is 0 Å². The molecule has 0 aliphatic carbocycles. The van der Waals surface area contributed by atoms with Crippen molar-refractivity contribution in [3.05, 3.63) is 0 Å². The first-order valence-corrected chi connectivity index (χ1v) is 12.5. The van der Waals surface area contributed by atoms with Crippen molar-refractivity contribution in [3.8, 4) is 0 Å². The second-order valence-electron chi connectivity index (χ2n) is 12.0. The molecule has 6 saturated heterocycles. The highest BCUT2D eigenvalue weighted by Gasteiger charge is 2.62. The summed E-state index contributed by atoms with van der Waals surface area (Å²) in [5.41, 5.74) is 0. The summed E-state index contributed by atoms with van der Waals surface area (Å²) in [5.74, 6) is -3.05. The quantitative estimate of drug-likeness (QED) is 0.562. The van der Waals surface area contributed by atoms with E-state index in [2.05, 4.69) is 0 Å². The highest BCUT2D eigenvalue weighted by Crippen LogP contribution is 2.46. The van der Waals surface area contributed by atoms with E-state index in [-0.39, 0.29) is 49.8 Å². The van der Waals surface area contributed by atoms with Gasteiger partial charge in [-0.25, -0.2) is 0 Å². The minimum absolute atomic E-state index is 0.256. The molecule has 0 aromatic heterocycles. The lowest BCUT2D eigenvalue weighted by Crippen LogP contribution is -2.57. The Balaban J connectivity index is 1.13. The Hall–Kier alpha value is -0.440. The van der Waals surface area contributed by atoms with Crippen molar-refractivity contribution in [1.82, 2.24) is 0 Å². The van der Waals surface area contributed by atoms with Gasteiger partial charge in [0.1, 0.15) is 48.8 Å². The molecule has 0 unspecified atom stereocenters. The Morgan fingerprint density at radius 2 is 0.743 bits per heavy atom. The molecule has 6 heterocycles. The third-order valence-electron chi connectivity index (χ3n) is 7.07. The van der Waals surface area contributed by atoms with Gasteiger partial charge in [0.25, 0.3) is 0 Å². The van der Waals surface area contributed by atoms with Gasteiger partial charge < -0.3 is 52.1 Å². The Bertz CT molecular complexity index is 762. The van der Waals surface area contributed by atoms with Gasteiger partial charge in [0.15, 0.2) is 35.7 Å². The van der Waals surface area contributed by atoms with Crippen molar-refractivity contribution in [3.63, 3.8) is 0 Å². The van der Waals surface area contributed by atoms with Crippen LogP contribution in [-0.2, 0) is 52.1 Å². The molecule has 6 aliphatic heterocycles. The Kier molecular flexibility index (Phi) is 5.71. The molecule has 200 valence electrons. The number of hydrogen-bond donors (Lipinski definition) is 0. The minimum atomic E-state index is -0.767. The van der Waals surface area contributed by atoms with Crippen LogP contribution in [0.5, 0.6) is 0 Å². The van der Waals surface area contributed by atoms with E-state index < -0.39 is 47.9 Å². The normalized spacial score (nSPS) is 50.4. The number of hydrogen-bond acceptors (Lipinski definition) is 11. The summed E-state index contributed by atoms with van der Waals surface area (Å²) in [4.78, 5) is 0. The molecule has 11 nitrogen and oxygen atoms in total. The average molecular weight is 503 g/mol. The van der Waals surface area contributed by atoms with E-state index in [4.69, 9.17) is 52.1 Å². The van der Waals surface area contributed by atoms with Gasteiger partial charge in [0.05, 0.1) is 13.2 Å². The molecule has 0 radical (unpaired) electrons. The highest BCUT2D eigenvalue weighted by atomic mass is 16.9. The highest BCUT2D eigenvalue weighted by molar-refractivity contribution is 5.02. The summed E-state index contributed by atoms with van der Waals surface area (Å²) in [5, 5.41) is 0. The van der Waals surface area contributed by atoms with Gasteiger partial charge in [-0.1, -0.05) is 0 Å². The van der Waals surface area contributed by atoms with E-state index >= 15 is 0 Å². The Labute approximate surface area is 205 Å². The predicted octanol–water partition coefficient (Wildman–Crippen LogP) is 1.80. The second-order valence-corrected chi connectivity index (χ2v) is 12.0. The van der Waals surface area contributed by atoms with Crippen molar-refractivity contribution in [1.29, 1.82) is 0 Å². The zero-order valence-corrected chi connectivity index (χ0v) is 21.7. The van der Waals surface area contributed by atoms with Gasteiger partial charge in [-0.15, -0.1) is 0 Å². The van der Waals surface area contributed by atoms with E-state index in [0.29, 0.717) is 0 Å². The molecular formula is C24H38O11. The topological polar surface area (TPSA) is 102 Å². The maximum Gasteiger partial charge on any atom is 0.190 e. The van der Waals surface area contributed by atoms with E-state index in [1.165, 1.54) is 0 Å².